The Labute approximate surface area is 195 Å². The quantitative estimate of drug-likeness (QED) is 0.678. The van der Waals surface area contributed by atoms with Gasteiger partial charge in [0.15, 0.2) is 0 Å². The summed E-state index contributed by atoms with van der Waals surface area (Å²) in [5.74, 6) is -0.295. The third kappa shape index (κ3) is 4.72. The Balaban J connectivity index is 1.66. The minimum Gasteiger partial charge on any atom is -0.300 e. The molecule has 9 heteroatoms. The van der Waals surface area contributed by atoms with Gasteiger partial charge >= 0.3 is 0 Å². The van der Waals surface area contributed by atoms with E-state index in [4.69, 9.17) is 34.8 Å². The van der Waals surface area contributed by atoms with E-state index in [0.29, 0.717) is 52.4 Å². The zero-order valence-electron chi connectivity index (χ0n) is 16.8. The van der Waals surface area contributed by atoms with Gasteiger partial charge in [0.1, 0.15) is 11.5 Å². The number of amides is 1. The van der Waals surface area contributed by atoms with E-state index in [0.717, 1.165) is 5.56 Å². The molecule has 1 saturated heterocycles. The Morgan fingerprint density at radius 2 is 1.68 bits per heavy atom. The number of halogens is 3. The van der Waals surface area contributed by atoms with Gasteiger partial charge in [-0.15, -0.1) is 0 Å². The van der Waals surface area contributed by atoms with Crippen LogP contribution in [0.25, 0.3) is 0 Å². The van der Waals surface area contributed by atoms with Crippen molar-refractivity contribution in [1.29, 1.82) is 0 Å². The molecule has 1 N–H and O–H groups in total. The lowest BCUT2D eigenvalue weighted by Gasteiger charge is -2.28. The molecule has 2 aliphatic rings. The molecule has 1 amide bonds. The van der Waals surface area contributed by atoms with Gasteiger partial charge in [0.2, 0.25) is 0 Å². The number of carbonyl (C=O) groups excluding carboxylic acids is 2. The van der Waals surface area contributed by atoms with Crippen LogP contribution < -0.4 is 10.4 Å². The van der Waals surface area contributed by atoms with Crippen LogP contribution in [0.3, 0.4) is 0 Å². The molecule has 0 unspecified atom stereocenters. The van der Waals surface area contributed by atoms with Crippen molar-refractivity contribution in [3.05, 3.63) is 63.1 Å². The van der Waals surface area contributed by atoms with Crippen LogP contribution in [0.2, 0.25) is 15.1 Å². The number of ketones is 1. The van der Waals surface area contributed by atoms with Gasteiger partial charge in [0, 0.05) is 41.9 Å². The summed E-state index contributed by atoms with van der Waals surface area (Å²) in [4.78, 5) is 24.6. The smallest absolute Gasteiger partial charge is 0.282 e. The lowest BCUT2D eigenvalue weighted by Crippen LogP contribution is -2.49. The molecule has 0 radical (unpaired) electrons. The third-order valence-electron chi connectivity index (χ3n) is 5.57. The summed E-state index contributed by atoms with van der Waals surface area (Å²) in [6.45, 7) is 2.96. The number of hydrogen-bond donors (Lipinski definition) is 1. The predicted octanol–water partition coefficient (Wildman–Crippen LogP) is 4.90. The Morgan fingerprint density at radius 3 is 2.32 bits per heavy atom. The lowest BCUT2D eigenvalue weighted by atomic mass is 9.91. The van der Waals surface area contributed by atoms with E-state index in [9.17, 15) is 9.59 Å². The Bertz CT molecular complexity index is 1030. The highest BCUT2D eigenvalue weighted by molar-refractivity contribution is 6.41. The normalized spacial score (nSPS) is 21.9. The summed E-state index contributed by atoms with van der Waals surface area (Å²) in [6.07, 6.45) is 0.866. The van der Waals surface area contributed by atoms with E-state index in [1.54, 1.807) is 28.2 Å². The van der Waals surface area contributed by atoms with Crippen LogP contribution >= 0.6 is 34.8 Å². The monoisotopic (exact) mass is 478 g/mol. The number of carbonyl (C=O) groups is 2. The molecule has 31 heavy (non-hydrogen) atoms. The van der Waals surface area contributed by atoms with Crippen molar-refractivity contribution in [1.82, 2.24) is 10.4 Å². The fourth-order valence-electron chi connectivity index (χ4n) is 3.91. The summed E-state index contributed by atoms with van der Waals surface area (Å²) in [5.41, 5.74) is 4.90. The topological polar surface area (TPSA) is 65.0 Å². The van der Waals surface area contributed by atoms with Gasteiger partial charge in [0.05, 0.1) is 16.8 Å². The van der Waals surface area contributed by atoms with Crippen molar-refractivity contribution >= 4 is 57.9 Å². The van der Waals surface area contributed by atoms with E-state index >= 15 is 0 Å². The van der Waals surface area contributed by atoms with Crippen LogP contribution in [0.4, 0.5) is 5.69 Å². The second-order valence-corrected chi connectivity index (χ2v) is 8.96. The number of nitrogens with zero attached hydrogens (tertiary/aromatic N) is 3. The van der Waals surface area contributed by atoms with Crippen LogP contribution in [0, 0.1) is 5.92 Å². The zero-order valence-corrected chi connectivity index (χ0v) is 19.1. The van der Waals surface area contributed by atoms with Crippen LogP contribution in [0.15, 0.2) is 47.6 Å². The molecule has 1 fully saturated rings. The number of Topliss-reactive ketones (excluding diaryl/α,β-unsaturated/α-hetero) is 1. The average molecular weight is 480 g/mol. The van der Waals surface area contributed by atoms with Crippen molar-refractivity contribution in [3.63, 3.8) is 0 Å². The van der Waals surface area contributed by atoms with Crippen LogP contribution in [0.5, 0.6) is 0 Å². The van der Waals surface area contributed by atoms with Gasteiger partial charge in [-0.25, -0.2) is 5.01 Å². The second kappa shape index (κ2) is 9.17. The molecule has 0 bridgehead atoms. The number of nitrogens with one attached hydrogen (secondary N) is 1. The number of hydrazone groups is 1. The van der Waals surface area contributed by atoms with Crippen molar-refractivity contribution in [2.75, 3.05) is 18.1 Å². The van der Waals surface area contributed by atoms with Gasteiger partial charge in [-0.3, -0.25) is 20.0 Å². The standard InChI is InChI=1S/C22H21Cl3N4O2/c1-13-20(22(31)27-28-10-8-17(30)9-11-28)26-29(19-7-6-16(24)12-18(19)25)21(13)14-2-4-15(23)5-3-14/h2-7,12-13,21H,8-11H2,1H3,(H,27,31)/t13-,21+/m0/s1. The molecular weight excluding hydrogens is 459 g/mol. The van der Waals surface area contributed by atoms with Crippen LogP contribution in [0.1, 0.15) is 31.4 Å². The molecule has 4 rings (SSSR count). The Kier molecular flexibility index (Phi) is 6.53. The first-order chi connectivity index (χ1) is 14.8. The molecular formula is C22H21Cl3N4O2. The van der Waals surface area contributed by atoms with Gasteiger partial charge in [-0.05, 0) is 35.9 Å². The fraction of sp³-hybridized carbons (Fsp3) is 0.318. The fourth-order valence-corrected chi connectivity index (χ4v) is 4.53. The first-order valence-electron chi connectivity index (χ1n) is 9.99. The maximum absolute atomic E-state index is 13.1. The van der Waals surface area contributed by atoms with E-state index in [2.05, 4.69) is 10.5 Å². The summed E-state index contributed by atoms with van der Waals surface area (Å²) >= 11 is 18.6. The average Bonchev–Trinajstić information content (AvgIpc) is 3.07. The van der Waals surface area contributed by atoms with Crippen molar-refractivity contribution in [2.45, 2.75) is 25.8 Å². The van der Waals surface area contributed by atoms with Crippen molar-refractivity contribution in [2.24, 2.45) is 11.0 Å². The maximum atomic E-state index is 13.1. The number of hydrogen-bond acceptors (Lipinski definition) is 5. The van der Waals surface area contributed by atoms with E-state index in [-0.39, 0.29) is 23.7 Å². The van der Waals surface area contributed by atoms with E-state index in [1.165, 1.54) is 0 Å². The number of benzene rings is 2. The first-order valence-corrected chi connectivity index (χ1v) is 11.1. The van der Waals surface area contributed by atoms with Gasteiger partial charge in [-0.2, -0.15) is 5.10 Å². The SMILES string of the molecule is C[C@H]1C(C(=O)NN2CCC(=O)CC2)=NN(c2ccc(Cl)cc2Cl)[C@H]1c1ccc(Cl)cc1. The summed E-state index contributed by atoms with van der Waals surface area (Å²) in [6, 6.07) is 12.4. The number of rotatable bonds is 4. The molecule has 0 saturated carbocycles. The van der Waals surface area contributed by atoms with E-state index in [1.807, 2.05) is 31.2 Å². The van der Waals surface area contributed by atoms with Crippen molar-refractivity contribution < 1.29 is 9.59 Å². The molecule has 0 spiro atoms. The molecule has 0 aliphatic carbocycles. The molecule has 162 valence electrons. The highest BCUT2D eigenvalue weighted by Crippen LogP contribution is 2.42. The molecule has 6 nitrogen and oxygen atoms in total. The molecule has 0 aromatic heterocycles. The first kappa shape index (κ1) is 22.1. The number of hydrazine groups is 1. The van der Waals surface area contributed by atoms with Crippen LogP contribution in [-0.4, -0.2) is 35.5 Å². The molecule has 2 atom stereocenters. The van der Waals surface area contributed by atoms with Crippen LogP contribution in [-0.2, 0) is 9.59 Å². The van der Waals surface area contributed by atoms with Gasteiger partial charge < -0.3 is 0 Å². The number of piperidine rings is 1. The Morgan fingerprint density at radius 1 is 1.03 bits per heavy atom. The van der Waals surface area contributed by atoms with Gasteiger partial charge in [0.25, 0.3) is 5.91 Å². The minimum absolute atomic E-state index is 0.212. The largest absolute Gasteiger partial charge is 0.300 e. The summed E-state index contributed by atoms with van der Waals surface area (Å²) < 4.78 is 0. The minimum atomic E-state index is -0.284. The summed E-state index contributed by atoms with van der Waals surface area (Å²) in [7, 11) is 0. The molecule has 2 aromatic rings. The molecule has 2 heterocycles. The maximum Gasteiger partial charge on any atom is 0.282 e. The highest BCUT2D eigenvalue weighted by Gasteiger charge is 2.40. The van der Waals surface area contributed by atoms with Crippen molar-refractivity contribution in [3.8, 4) is 0 Å². The highest BCUT2D eigenvalue weighted by atomic mass is 35.5. The second-order valence-electron chi connectivity index (χ2n) is 7.68. The Hall–Kier alpha value is -2.12. The molecule has 2 aromatic carbocycles. The van der Waals surface area contributed by atoms with Gasteiger partial charge in [-0.1, -0.05) is 53.9 Å². The third-order valence-corrected chi connectivity index (χ3v) is 6.36. The zero-order chi connectivity index (χ0) is 22.1. The summed E-state index contributed by atoms with van der Waals surface area (Å²) in [5, 5.41) is 9.80. The van der Waals surface area contributed by atoms with E-state index < -0.39 is 0 Å². The predicted molar refractivity (Wildman–Crippen MR) is 124 cm³/mol. The lowest BCUT2D eigenvalue weighted by molar-refractivity contribution is -0.126. The molecule has 2 aliphatic heterocycles. The number of anilines is 1.